The standard InChI is InChI=1S/C16H25N3O/c1-2-15-4-3-10-19(15)11-9-16(20)18-14-7-5-13(12-17)6-8-14/h5-8,15H,2-4,9-12,17H2,1H3,(H,18,20). The van der Waals surface area contributed by atoms with Crippen LogP contribution >= 0.6 is 0 Å². The maximum Gasteiger partial charge on any atom is 0.225 e. The maximum absolute atomic E-state index is 12.0. The van der Waals surface area contributed by atoms with Crippen molar-refractivity contribution in [1.29, 1.82) is 0 Å². The first-order valence-electron chi connectivity index (χ1n) is 7.56. The Kier molecular flexibility index (Phi) is 5.56. The van der Waals surface area contributed by atoms with Crippen molar-refractivity contribution in [2.45, 2.75) is 45.2 Å². The highest BCUT2D eigenvalue weighted by Gasteiger charge is 2.22. The zero-order valence-electron chi connectivity index (χ0n) is 12.3. The second-order valence-electron chi connectivity index (χ2n) is 5.44. The van der Waals surface area contributed by atoms with E-state index < -0.39 is 0 Å². The van der Waals surface area contributed by atoms with Crippen molar-refractivity contribution < 1.29 is 4.79 Å². The molecule has 1 atom stereocenters. The Morgan fingerprint density at radius 1 is 1.40 bits per heavy atom. The van der Waals surface area contributed by atoms with Gasteiger partial charge in [-0.2, -0.15) is 0 Å². The highest BCUT2D eigenvalue weighted by Crippen LogP contribution is 2.19. The number of carbonyl (C=O) groups excluding carboxylic acids is 1. The molecule has 0 radical (unpaired) electrons. The van der Waals surface area contributed by atoms with E-state index in [1.807, 2.05) is 24.3 Å². The molecule has 4 nitrogen and oxygen atoms in total. The first-order valence-corrected chi connectivity index (χ1v) is 7.56. The molecule has 1 aliphatic rings. The van der Waals surface area contributed by atoms with Crippen LogP contribution in [-0.4, -0.2) is 29.9 Å². The van der Waals surface area contributed by atoms with Gasteiger partial charge in [-0.1, -0.05) is 19.1 Å². The molecule has 1 amide bonds. The van der Waals surface area contributed by atoms with Crippen LogP contribution in [0, 0.1) is 0 Å². The van der Waals surface area contributed by atoms with Gasteiger partial charge in [-0.05, 0) is 43.5 Å². The minimum Gasteiger partial charge on any atom is -0.326 e. The van der Waals surface area contributed by atoms with Gasteiger partial charge in [-0.15, -0.1) is 0 Å². The summed E-state index contributed by atoms with van der Waals surface area (Å²) in [5.41, 5.74) is 7.47. The summed E-state index contributed by atoms with van der Waals surface area (Å²) in [4.78, 5) is 14.4. The number of nitrogens with two attached hydrogens (primary N) is 1. The van der Waals surface area contributed by atoms with Crippen LogP contribution in [0.25, 0.3) is 0 Å². The minimum absolute atomic E-state index is 0.0900. The van der Waals surface area contributed by atoms with E-state index in [1.165, 1.54) is 19.3 Å². The molecule has 1 unspecified atom stereocenters. The van der Waals surface area contributed by atoms with E-state index in [9.17, 15) is 4.79 Å². The van der Waals surface area contributed by atoms with E-state index in [2.05, 4.69) is 17.1 Å². The second kappa shape index (κ2) is 7.41. The van der Waals surface area contributed by atoms with Crippen LogP contribution < -0.4 is 11.1 Å². The number of hydrogen-bond donors (Lipinski definition) is 2. The van der Waals surface area contributed by atoms with Crippen LogP contribution in [0.3, 0.4) is 0 Å². The van der Waals surface area contributed by atoms with Gasteiger partial charge < -0.3 is 11.1 Å². The third kappa shape index (κ3) is 4.05. The monoisotopic (exact) mass is 275 g/mol. The van der Waals surface area contributed by atoms with Crippen molar-refractivity contribution in [3.63, 3.8) is 0 Å². The molecule has 1 aliphatic heterocycles. The Morgan fingerprint density at radius 2 is 2.15 bits per heavy atom. The molecule has 110 valence electrons. The molecular formula is C16H25N3O. The van der Waals surface area contributed by atoms with E-state index in [1.54, 1.807) is 0 Å². The zero-order valence-corrected chi connectivity index (χ0v) is 12.3. The fourth-order valence-electron chi connectivity index (χ4n) is 2.84. The molecule has 1 fully saturated rings. The van der Waals surface area contributed by atoms with Gasteiger partial charge in [0.15, 0.2) is 0 Å². The van der Waals surface area contributed by atoms with E-state index in [-0.39, 0.29) is 5.91 Å². The summed E-state index contributed by atoms with van der Waals surface area (Å²) in [5.74, 6) is 0.0900. The summed E-state index contributed by atoms with van der Waals surface area (Å²) in [7, 11) is 0. The summed E-state index contributed by atoms with van der Waals surface area (Å²) in [6, 6.07) is 8.38. The SMILES string of the molecule is CCC1CCCN1CCC(=O)Nc1ccc(CN)cc1. The Bertz CT molecular complexity index is 430. The molecule has 4 heteroatoms. The largest absolute Gasteiger partial charge is 0.326 e. The summed E-state index contributed by atoms with van der Waals surface area (Å²) >= 11 is 0. The van der Waals surface area contributed by atoms with Crippen molar-refractivity contribution in [3.8, 4) is 0 Å². The molecule has 1 saturated heterocycles. The van der Waals surface area contributed by atoms with Crippen molar-refractivity contribution >= 4 is 11.6 Å². The molecule has 1 heterocycles. The molecule has 0 aromatic heterocycles. The van der Waals surface area contributed by atoms with Crippen LogP contribution in [-0.2, 0) is 11.3 Å². The number of nitrogens with zero attached hydrogens (tertiary/aromatic N) is 1. The van der Waals surface area contributed by atoms with Crippen LogP contribution in [0.5, 0.6) is 0 Å². The predicted molar refractivity (Wildman–Crippen MR) is 82.5 cm³/mol. The summed E-state index contributed by atoms with van der Waals surface area (Å²) in [6.07, 6.45) is 4.29. The lowest BCUT2D eigenvalue weighted by atomic mass is 10.1. The van der Waals surface area contributed by atoms with Crippen LogP contribution in [0.4, 0.5) is 5.69 Å². The molecule has 1 aromatic carbocycles. The quantitative estimate of drug-likeness (QED) is 0.838. The van der Waals surface area contributed by atoms with Gasteiger partial charge in [0.05, 0.1) is 0 Å². The van der Waals surface area contributed by atoms with Crippen molar-refractivity contribution in [2.24, 2.45) is 5.73 Å². The van der Waals surface area contributed by atoms with Gasteiger partial charge in [0.2, 0.25) is 5.91 Å². The third-order valence-corrected chi connectivity index (χ3v) is 4.07. The lowest BCUT2D eigenvalue weighted by Gasteiger charge is -2.22. The van der Waals surface area contributed by atoms with Gasteiger partial charge in [-0.3, -0.25) is 9.69 Å². The van der Waals surface area contributed by atoms with Crippen molar-refractivity contribution in [2.75, 3.05) is 18.4 Å². The Morgan fingerprint density at radius 3 is 2.80 bits per heavy atom. The highest BCUT2D eigenvalue weighted by atomic mass is 16.1. The zero-order chi connectivity index (χ0) is 14.4. The van der Waals surface area contributed by atoms with Gasteiger partial charge in [0, 0.05) is 31.2 Å². The molecule has 1 aromatic rings. The average Bonchev–Trinajstić information content (AvgIpc) is 2.93. The average molecular weight is 275 g/mol. The fourth-order valence-corrected chi connectivity index (χ4v) is 2.84. The lowest BCUT2D eigenvalue weighted by molar-refractivity contribution is -0.116. The molecule has 0 aliphatic carbocycles. The molecule has 3 N–H and O–H groups in total. The topological polar surface area (TPSA) is 58.4 Å². The number of anilines is 1. The van der Waals surface area contributed by atoms with Crippen LogP contribution in [0.1, 0.15) is 38.2 Å². The highest BCUT2D eigenvalue weighted by molar-refractivity contribution is 5.90. The molecule has 0 bridgehead atoms. The normalized spacial score (nSPS) is 19.2. The van der Waals surface area contributed by atoms with E-state index in [0.29, 0.717) is 19.0 Å². The van der Waals surface area contributed by atoms with Crippen molar-refractivity contribution in [1.82, 2.24) is 4.90 Å². The Labute approximate surface area is 121 Å². The smallest absolute Gasteiger partial charge is 0.225 e. The van der Waals surface area contributed by atoms with Crippen molar-refractivity contribution in [3.05, 3.63) is 29.8 Å². The lowest BCUT2D eigenvalue weighted by Crippen LogP contribution is -2.31. The fraction of sp³-hybridized carbons (Fsp3) is 0.562. The second-order valence-corrected chi connectivity index (χ2v) is 5.44. The molecule has 20 heavy (non-hydrogen) atoms. The maximum atomic E-state index is 12.0. The molecule has 0 saturated carbocycles. The molecule has 2 rings (SSSR count). The first-order chi connectivity index (χ1) is 9.72. The van der Waals surface area contributed by atoms with Gasteiger partial charge >= 0.3 is 0 Å². The number of nitrogens with one attached hydrogen (secondary N) is 1. The first kappa shape index (κ1) is 15.0. The predicted octanol–water partition coefficient (Wildman–Crippen LogP) is 2.35. The molecular weight excluding hydrogens is 250 g/mol. The number of benzene rings is 1. The summed E-state index contributed by atoms with van der Waals surface area (Å²) in [5, 5.41) is 2.94. The summed E-state index contributed by atoms with van der Waals surface area (Å²) in [6.45, 7) is 4.76. The Balaban J connectivity index is 1.77. The molecule has 0 spiro atoms. The summed E-state index contributed by atoms with van der Waals surface area (Å²) < 4.78 is 0. The minimum atomic E-state index is 0.0900. The van der Waals surface area contributed by atoms with Crippen LogP contribution in [0.15, 0.2) is 24.3 Å². The number of rotatable bonds is 6. The number of hydrogen-bond acceptors (Lipinski definition) is 3. The van der Waals surface area contributed by atoms with Gasteiger partial charge in [-0.25, -0.2) is 0 Å². The van der Waals surface area contributed by atoms with Crippen LogP contribution in [0.2, 0.25) is 0 Å². The third-order valence-electron chi connectivity index (χ3n) is 4.07. The van der Waals surface area contributed by atoms with Gasteiger partial charge in [0.25, 0.3) is 0 Å². The van der Waals surface area contributed by atoms with E-state index in [4.69, 9.17) is 5.73 Å². The van der Waals surface area contributed by atoms with E-state index >= 15 is 0 Å². The van der Waals surface area contributed by atoms with E-state index in [0.717, 1.165) is 24.3 Å². The number of amides is 1. The van der Waals surface area contributed by atoms with Gasteiger partial charge in [0.1, 0.15) is 0 Å². The Hall–Kier alpha value is -1.39. The number of carbonyl (C=O) groups is 1. The number of likely N-dealkylation sites (tertiary alicyclic amines) is 1.